The Bertz CT molecular complexity index is 578. The van der Waals surface area contributed by atoms with E-state index in [1.54, 1.807) is 24.3 Å². The molecule has 21 heavy (non-hydrogen) atoms. The van der Waals surface area contributed by atoms with Gasteiger partial charge in [0.15, 0.2) is 0 Å². The van der Waals surface area contributed by atoms with Gasteiger partial charge in [-0.25, -0.2) is 0 Å². The van der Waals surface area contributed by atoms with Gasteiger partial charge in [-0.3, -0.25) is 0 Å². The van der Waals surface area contributed by atoms with Gasteiger partial charge in [-0.2, -0.15) is 0 Å². The lowest BCUT2D eigenvalue weighted by Gasteiger charge is -2.32. The van der Waals surface area contributed by atoms with Gasteiger partial charge in [-0.15, -0.1) is 0 Å². The fraction of sp³-hybridized carbons (Fsp3) is 0.176. The predicted octanol–water partition coefficient (Wildman–Crippen LogP) is 2.94. The molecule has 0 heterocycles. The normalized spacial score (nSPS) is 10.9. The van der Waals surface area contributed by atoms with Crippen molar-refractivity contribution >= 4 is 0 Å². The Morgan fingerprint density at radius 3 is 1.71 bits per heavy atom. The maximum Gasteiger partial charge on any atom is 0.274 e. The van der Waals surface area contributed by atoms with Crippen molar-refractivity contribution < 1.29 is 19.7 Å². The van der Waals surface area contributed by atoms with Gasteiger partial charge in [0.05, 0.1) is 0 Å². The number of aromatic hydroxyl groups is 2. The summed E-state index contributed by atoms with van der Waals surface area (Å²) in [6.07, 6.45) is 7.50. The van der Waals surface area contributed by atoms with Crippen LogP contribution >= 0.6 is 0 Å². The Kier molecular flexibility index (Phi) is 4.36. The van der Waals surface area contributed by atoms with Gasteiger partial charge in [0.2, 0.25) is 0 Å². The number of rotatable bonds is 5. The number of phenols is 2. The largest absolute Gasteiger partial charge is 0.508 e. The second-order valence-corrected chi connectivity index (χ2v) is 4.36. The fourth-order valence-electron chi connectivity index (χ4n) is 2.13. The molecule has 2 aromatic carbocycles. The minimum absolute atomic E-state index is 0.135. The first-order valence-corrected chi connectivity index (χ1v) is 6.49. The molecule has 0 aromatic heterocycles. The van der Waals surface area contributed by atoms with Gasteiger partial charge in [-0.05, 0) is 55.5 Å². The molecule has 2 N–H and O–H groups in total. The molecule has 0 aliphatic carbocycles. The van der Waals surface area contributed by atoms with Crippen molar-refractivity contribution in [2.75, 3.05) is 6.61 Å². The van der Waals surface area contributed by atoms with Crippen LogP contribution in [0.2, 0.25) is 0 Å². The second kappa shape index (κ2) is 6.21. The monoisotopic (exact) mass is 284 g/mol. The van der Waals surface area contributed by atoms with E-state index in [-0.39, 0.29) is 11.5 Å². The van der Waals surface area contributed by atoms with Crippen LogP contribution in [0.5, 0.6) is 11.5 Å². The number of phenolic OH excluding ortho intramolecular Hbond substituents is 2. The van der Waals surface area contributed by atoms with Crippen molar-refractivity contribution in [3.8, 4) is 24.0 Å². The Balaban J connectivity index is 2.59. The third-order valence-electron chi connectivity index (χ3n) is 3.04. The van der Waals surface area contributed by atoms with Crippen LogP contribution in [0.1, 0.15) is 18.1 Å². The summed E-state index contributed by atoms with van der Waals surface area (Å²) < 4.78 is 11.3. The average Bonchev–Trinajstić information content (AvgIpc) is 2.48. The minimum atomic E-state index is -1.29. The van der Waals surface area contributed by atoms with Crippen molar-refractivity contribution in [1.29, 1.82) is 0 Å². The van der Waals surface area contributed by atoms with Gasteiger partial charge >= 0.3 is 0 Å². The molecule has 0 saturated heterocycles. The SMILES string of the molecule is C#COC(OCC)(c1ccc(O)cc1)c1ccc(O)cc1. The van der Waals surface area contributed by atoms with E-state index >= 15 is 0 Å². The highest BCUT2D eigenvalue weighted by Crippen LogP contribution is 2.36. The highest BCUT2D eigenvalue weighted by molar-refractivity contribution is 5.39. The molecule has 0 bridgehead atoms. The van der Waals surface area contributed by atoms with E-state index in [2.05, 4.69) is 6.11 Å². The lowest BCUT2D eigenvalue weighted by atomic mass is 9.96. The van der Waals surface area contributed by atoms with E-state index in [0.717, 1.165) is 0 Å². The van der Waals surface area contributed by atoms with Crippen molar-refractivity contribution in [2.45, 2.75) is 12.7 Å². The molecule has 0 spiro atoms. The average molecular weight is 284 g/mol. The Hall–Kier alpha value is -2.64. The van der Waals surface area contributed by atoms with Crippen molar-refractivity contribution in [2.24, 2.45) is 0 Å². The molecule has 0 fully saturated rings. The maximum absolute atomic E-state index is 9.43. The third kappa shape index (κ3) is 2.93. The van der Waals surface area contributed by atoms with Gasteiger partial charge in [0.1, 0.15) is 17.6 Å². The van der Waals surface area contributed by atoms with Crippen LogP contribution in [0.4, 0.5) is 0 Å². The van der Waals surface area contributed by atoms with Crippen LogP contribution in [0, 0.1) is 12.5 Å². The number of ether oxygens (including phenoxy) is 2. The number of benzene rings is 2. The third-order valence-corrected chi connectivity index (χ3v) is 3.04. The maximum atomic E-state index is 9.43. The van der Waals surface area contributed by atoms with Gasteiger partial charge in [0.25, 0.3) is 5.79 Å². The minimum Gasteiger partial charge on any atom is -0.508 e. The zero-order valence-electron chi connectivity index (χ0n) is 11.6. The van der Waals surface area contributed by atoms with Crippen molar-refractivity contribution in [1.82, 2.24) is 0 Å². The summed E-state index contributed by atoms with van der Waals surface area (Å²) in [7, 11) is 0. The molecule has 4 heteroatoms. The highest BCUT2D eigenvalue weighted by Gasteiger charge is 2.37. The van der Waals surface area contributed by atoms with E-state index in [9.17, 15) is 10.2 Å². The molecule has 4 nitrogen and oxygen atoms in total. The van der Waals surface area contributed by atoms with Gasteiger partial charge in [-0.1, -0.05) is 6.42 Å². The number of hydrogen-bond acceptors (Lipinski definition) is 4. The standard InChI is InChI=1S/C17H16O4/c1-3-20-17(21-4-2,13-5-9-15(18)10-6-13)14-7-11-16(19)12-8-14/h1,5-12,18-19H,4H2,2H3. The molecule has 0 atom stereocenters. The zero-order valence-corrected chi connectivity index (χ0v) is 11.6. The first kappa shape index (κ1) is 14.8. The van der Waals surface area contributed by atoms with Crippen molar-refractivity contribution in [3.63, 3.8) is 0 Å². The van der Waals surface area contributed by atoms with E-state index in [1.165, 1.54) is 24.3 Å². The van der Waals surface area contributed by atoms with Crippen molar-refractivity contribution in [3.05, 3.63) is 59.7 Å². The summed E-state index contributed by atoms with van der Waals surface area (Å²) in [5.41, 5.74) is 1.29. The molecular weight excluding hydrogens is 268 g/mol. The Labute approximate surface area is 123 Å². The van der Waals surface area contributed by atoms with E-state index in [0.29, 0.717) is 17.7 Å². The Morgan fingerprint density at radius 2 is 1.38 bits per heavy atom. The molecule has 0 aliphatic rings. The summed E-state index contributed by atoms with van der Waals surface area (Å²) in [6, 6.07) is 12.8. The summed E-state index contributed by atoms with van der Waals surface area (Å²) >= 11 is 0. The molecule has 0 radical (unpaired) electrons. The second-order valence-electron chi connectivity index (χ2n) is 4.36. The molecule has 0 unspecified atom stereocenters. The highest BCUT2D eigenvalue weighted by atomic mass is 16.7. The molecule has 2 aromatic rings. The van der Waals surface area contributed by atoms with Crippen LogP contribution < -0.4 is 0 Å². The fourth-order valence-corrected chi connectivity index (χ4v) is 2.13. The molecule has 0 amide bonds. The smallest absolute Gasteiger partial charge is 0.274 e. The van der Waals surface area contributed by atoms with Crippen LogP contribution in [-0.4, -0.2) is 16.8 Å². The zero-order chi connectivity index (χ0) is 15.3. The number of hydrogen-bond donors (Lipinski definition) is 2. The number of terminal acetylenes is 1. The summed E-state index contributed by atoms with van der Waals surface area (Å²) in [5, 5.41) is 18.9. The van der Waals surface area contributed by atoms with Crippen LogP contribution in [0.25, 0.3) is 0 Å². The molecular formula is C17H16O4. The topological polar surface area (TPSA) is 58.9 Å². The van der Waals surface area contributed by atoms with Gasteiger partial charge in [0, 0.05) is 17.7 Å². The molecule has 2 rings (SSSR count). The summed E-state index contributed by atoms with van der Waals surface area (Å²) in [6.45, 7) is 2.19. The van der Waals surface area contributed by atoms with Crippen LogP contribution in [0.15, 0.2) is 48.5 Å². The van der Waals surface area contributed by atoms with Gasteiger partial charge < -0.3 is 19.7 Å². The molecule has 0 aliphatic heterocycles. The molecule has 108 valence electrons. The van der Waals surface area contributed by atoms with E-state index in [4.69, 9.17) is 15.9 Å². The lowest BCUT2D eigenvalue weighted by Crippen LogP contribution is -2.33. The van der Waals surface area contributed by atoms with E-state index < -0.39 is 5.79 Å². The summed E-state index contributed by atoms with van der Waals surface area (Å²) in [4.78, 5) is 0. The van der Waals surface area contributed by atoms with E-state index in [1.807, 2.05) is 6.92 Å². The Morgan fingerprint density at radius 1 is 0.952 bits per heavy atom. The predicted molar refractivity (Wildman–Crippen MR) is 78.5 cm³/mol. The quantitative estimate of drug-likeness (QED) is 0.654. The lowest BCUT2D eigenvalue weighted by molar-refractivity contribution is -0.174. The van der Waals surface area contributed by atoms with Crippen LogP contribution in [0.3, 0.4) is 0 Å². The first-order chi connectivity index (χ1) is 10.1. The first-order valence-electron chi connectivity index (χ1n) is 6.49. The summed E-state index contributed by atoms with van der Waals surface area (Å²) in [5.74, 6) is -1.02. The molecule has 0 saturated carbocycles. The van der Waals surface area contributed by atoms with Crippen LogP contribution in [-0.2, 0) is 15.3 Å².